The highest BCUT2D eigenvalue weighted by molar-refractivity contribution is 6.29. The number of amides is 1. The molecule has 0 aliphatic heterocycles. The van der Waals surface area contributed by atoms with Crippen LogP contribution in [-0.2, 0) is 6.54 Å². The first-order chi connectivity index (χ1) is 8.65. The second kappa shape index (κ2) is 5.55. The number of halogens is 2. The predicted molar refractivity (Wildman–Crippen MR) is 64.6 cm³/mol. The van der Waals surface area contributed by atoms with Gasteiger partial charge in [-0.2, -0.15) is 0 Å². The Balaban J connectivity index is 2.00. The van der Waals surface area contributed by atoms with E-state index in [1.807, 2.05) is 0 Å². The van der Waals surface area contributed by atoms with Crippen molar-refractivity contribution in [3.63, 3.8) is 0 Å². The molecule has 1 aromatic carbocycles. The van der Waals surface area contributed by atoms with Crippen molar-refractivity contribution >= 4 is 17.5 Å². The van der Waals surface area contributed by atoms with Gasteiger partial charge < -0.3 is 5.32 Å². The van der Waals surface area contributed by atoms with Crippen molar-refractivity contribution in [1.29, 1.82) is 0 Å². The van der Waals surface area contributed by atoms with Gasteiger partial charge in [-0.15, -0.1) is 0 Å². The number of hydrogen-bond acceptors (Lipinski definition) is 3. The van der Waals surface area contributed by atoms with Crippen molar-refractivity contribution in [2.75, 3.05) is 0 Å². The molecule has 6 heteroatoms. The molecule has 0 saturated carbocycles. The SMILES string of the molecule is O=C(NCc1cccc(F)c1)c1cncc(Cl)n1. The molecule has 0 unspecified atom stereocenters. The summed E-state index contributed by atoms with van der Waals surface area (Å²) in [6.07, 6.45) is 2.65. The van der Waals surface area contributed by atoms with Crippen LogP contribution in [0.1, 0.15) is 16.1 Å². The summed E-state index contributed by atoms with van der Waals surface area (Å²) in [4.78, 5) is 19.3. The van der Waals surface area contributed by atoms with Crippen LogP contribution in [-0.4, -0.2) is 15.9 Å². The highest BCUT2D eigenvalue weighted by atomic mass is 35.5. The largest absolute Gasteiger partial charge is 0.347 e. The molecule has 4 nitrogen and oxygen atoms in total. The van der Waals surface area contributed by atoms with Gasteiger partial charge in [-0.05, 0) is 17.7 Å². The minimum Gasteiger partial charge on any atom is -0.347 e. The molecule has 1 amide bonds. The number of rotatable bonds is 3. The molecule has 0 atom stereocenters. The Hall–Kier alpha value is -2.01. The van der Waals surface area contributed by atoms with E-state index >= 15 is 0 Å². The first-order valence-corrected chi connectivity index (χ1v) is 5.53. The molecule has 0 bridgehead atoms. The fourth-order valence-corrected chi connectivity index (χ4v) is 1.52. The average molecular weight is 266 g/mol. The van der Waals surface area contributed by atoms with Gasteiger partial charge >= 0.3 is 0 Å². The molecule has 0 fully saturated rings. The number of hydrogen-bond donors (Lipinski definition) is 1. The maximum absolute atomic E-state index is 12.9. The van der Waals surface area contributed by atoms with Crippen molar-refractivity contribution in [2.45, 2.75) is 6.54 Å². The van der Waals surface area contributed by atoms with Crippen LogP contribution in [0, 0.1) is 5.82 Å². The van der Waals surface area contributed by atoms with Crippen molar-refractivity contribution < 1.29 is 9.18 Å². The van der Waals surface area contributed by atoms with E-state index in [1.54, 1.807) is 12.1 Å². The topological polar surface area (TPSA) is 54.9 Å². The fraction of sp³-hybridized carbons (Fsp3) is 0.0833. The lowest BCUT2D eigenvalue weighted by molar-refractivity contribution is 0.0945. The van der Waals surface area contributed by atoms with E-state index in [9.17, 15) is 9.18 Å². The van der Waals surface area contributed by atoms with Gasteiger partial charge in [0, 0.05) is 6.54 Å². The Morgan fingerprint density at radius 2 is 2.22 bits per heavy atom. The zero-order valence-corrected chi connectivity index (χ0v) is 9.99. The Morgan fingerprint density at radius 1 is 1.39 bits per heavy atom. The molecule has 0 spiro atoms. The highest BCUT2D eigenvalue weighted by Gasteiger charge is 2.08. The van der Waals surface area contributed by atoms with E-state index in [1.165, 1.54) is 24.5 Å². The van der Waals surface area contributed by atoms with E-state index in [4.69, 9.17) is 11.6 Å². The van der Waals surface area contributed by atoms with Gasteiger partial charge in [-0.3, -0.25) is 9.78 Å². The van der Waals surface area contributed by atoms with Crippen molar-refractivity contribution in [3.05, 3.63) is 58.9 Å². The quantitative estimate of drug-likeness (QED) is 0.926. The Kier molecular flexibility index (Phi) is 3.84. The lowest BCUT2D eigenvalue weighted by Gasteiger charge is -2.04. The third kappa shape index (κ3) is 3.24. The van der Waals surface area contributed by atoms with Crippen LogP contribution in [0.4, 0.5) is 4.39 Å². The summed E-state index contributed by atoms with van der Waals surface area (Å²) in [5.41, 5.74) is 0.789. The molecule has 92 valence electrons. The third-order valence-electron chi connectivity index (χ3n) is 2.18. The summed E-state index contributed by atoms with van der Waals surface area (Å²) in [5, 5.41) is 2.75. The number of benzene rings is 1. The standard InChI is InChI=1S/C12H9ClFN3O/c13-11-7-15-6-10(17-11)12(18)16-5-8-2-1-3-9(14)4-8/h1-4,6-7H,5H2,(H,16,18). The van der Waals surface area contributed by atoms with Gasteiger partial charge in [-0.1, -0.05) is 23.7 Å². The maximum Gasteiger partial charge on any atom is 0.271 e. The van der Waals surface area contributed by atoms with Gasteiger partial charge in [-0.25, -0.2) is 9.37 Å². The van der Waals surface area contributed by atoms with Crippen molar-refractivity contribution in [1.82, 2.24) is 15.3 Å². The van der Waals surface area contributed by atoms with Crippen LogP contribution in [0.3, 0.4) is 0 Å². The first kappa shape index (κ1) is 12.4. The van der Waals surface area contributed by atoms with Gasteiger partial charge in [0.2, 0.25) is 0 Å². The van der Waals surface area contributed by atoms with Crippen LogP contribution in [0.15, 0.2) is 36.7 Å². The zero-order valence-electron chi connectivity index (χ0n) is 9.23. The van der Waals surface area contributed by atoms with Gasteiger partial charge in [0.1, 0.15) is 16.7 Å². The molecule has 18 heavy (non-hydrogen) atoms. The number of carbonyl (C=O) groups is 1. The van der Waals surface area contributed by atoms with E-state index < -0.39 is 5.91 Å². The van der Waals surface area contributed by atoms with Gasteiger partial charge in [0.05, 0.1) is 12.4 Å². The Bertz CT molecular complexity index is 577. The zero-order chi connectivity index (χ0) is 13.0. The molecule has 2 rings (SSSR count). The molecule has 0 saturated heterocycles. The lowest BCUT2D eigenvalue weighted by Crippen LogP contribution is -2.24. The van der Waals surface area contributed by atoms with E-state index in [2.05, 4.69) is 15.3 Å². The normalized spacial score (nSPS) is 10.1. The molecule has 2 aromatic rings. The van der Waals surface area contributed by atoms with Gasteiger partial charge in [0.15, 0.2) is 0 Å². The summed E-state index contributed by atoms with van der Waals surface area (Å²) in [6, 6.07) is 5.99. The second-order valence-electron chi connectivity index (χ2n) is 3.54. The highest BCUT2D eigenvalue weighted by Crippen LogP contribution is 2.05. The number of carbonyl (C=O) groups excluding carboxylic acids is 1. The fourth-order valence-electron chi connectivity index (χ4n) is 1.37. The van der Waals surface area contributed by atoms with Crippen LogP contribution in [0.2, 0.25) is 5.15 Å². The minimum absolute atomic E-state index is 0.124. The lowest BCUT2D eigenvalue weighted by atomic mass is 10.2. The monoisotopic (exact) mass is 265 g/mol. The second-order valence-corrected chi connectivity index (χ2v) is 3.93. The van der Waals surface area contributed by atoms with Gasteiger partial charge in [0.25, 0.3) is 5.91 Å². The molecule has 1 heterocycles. The molecular weight excluding hydrogens is 257 g/mol. The summed E-state index contributed by atoms with van der Waals surface area (Å²) >= 11 is 5.62. The average Bonchev–Trinajstić information content (AvgIpc) is 2.36. The minimum atomic E-state index is -0.408. The van der Waals surface area contributed by atoms with Crippen molar-refractivity contribution in [3.8, 4) is 0 Å². The molecular formula is C12H9ClFN3O. The molecule has 0 radical (unpaired) electrons. The summed E-state index contributed by atoms with van der Waals surface area (Å²) in [6.45, 7) is 0.213. The number of aromatic nitrogens is 2. The molecule has 0 aliphatic carbocycles. The molecule has 0 aliphatic rings. The molecule has 1 N–H and O–H groups in total. The van der Waals surface area contributed by atoms with Crippen LogP contribution < -0.4 is 5.32 Å². The van der Waals surface area contributed by atoms with E-state index in [0.717, 1.165) is 0 Å². The predicted octanol–water partition coefficient (Wildman–Crippen LogP) is 2.20. The van der Waals surface area contributed by atoms with E-state index in [-0.39, 0.29) is 23.2 Å². The van der Waals surface area contributed by atoms with Crippen LogP contribution >= 0.6 is 11.6 Å². The maximum atomic E-state index is 12.9. The number of nitrogens with one attached hydrogen (secondary N) is 1. The Morgan fingerprint density at radius 3 is 2.94 bits per heavy atom. The summed E-state index contributed by atoms with van der Waals surface area (Å²) < 4.78 is 12.9. The summed E-state index contributed by atoms with van der Waals surface area (Å²) in [7, 11) is 0. The summed E-state index contributed by atoms with van der Waals surface area (Å²) in [5.74, 6) is -0.751. The van der Waals surface area contributed by atoms with E-state index in [0.29, 0.717) is 5.56 Å². The van der Waals surface area contributed by atoms with Crippen molar-refractivity contribution in [2.24, 2.45) is 0 Å². The Labute approximate surface area is 108 Å². The first-order valence-electron chi connectivity index (χ1n) is 5.15. The number of nitrogens with zero attached hydrogens (tertiary/aromatic N) is 2. The van der Waals surface area contributed by atoms with Crippen LogP contribution in [0.25, 0.3) is 0 Å². The molecule has 1 aromatic heterocycles. The van der Waals surface area contributed by atoms with Crippen LogP contribution in [0.5, 0.6) is 0 Å². The third-order valence-corrected chi connectivity index (χ3v) is 2.36. The smallest absolute Gasteiger partial charge is 0.271 e.